The van der Waals surface area contributed by atoms with Gasteiger partial charge in [-0.15, -0.1) is 0 Å². The molecule has 0 fully saturated rings. The molecule has 4 rings (SSSR count). The monoisotopic (exact) mass is 678 g/mol. The van der Waals surface area contributed by atoms with Gasteiger partial charge < -0.3 is 18.9 Å². The highest BCUT2D eigenvalue weighted by molar-refractivity contribution is 14.1. The highest BCUT2D eigenvalue weighted by Gasteiger charge is 2.35. The Morgan fingerprint density at radius 1 is 0.659 bits per heavy atom. The largest absolute Gasteiger partial charge is 0.488 e. The topological polar surface area (TPSA) is 71.1 Å². The summed E-state index contributed by atoms with van der Waals surface area (Å²) in [5.74, 6) is -0.800. The lowest BCUT2D eigenvalue weighted by Crippen LogP contribution is -2.11. The molecule has 0 amide bonds. The zero-order chi connectivity index (χ0) is 29.8. The molecule has 0 aromatic heterocycles. The van der Waals surface area contributed by atoms with Gasteiger partial charge in [-0.3, -0.25) is 0 Å². The van der Waals surface area contributed by atoms with Crippen LogP contribution in [0, 0.1) is 3.57 Å². The van der Waals surface area contributed by atoms with Crippen molar-refractivity contribution in [1.82, 2.24) is 0 Å². The number of rotatable bonds is 8. The van der Waals surface area contributed by atoms with Crippen LogP contribution in [-0.4, -0.2) is 26.2 Å². The summed E-state index contributed by atoms with van der Waals surface area (Å²) in [5, 5.41) is 0. The van der Waals surface area contributed by atoms with Crippen molar-refractivity contribution in [3.8, 4) is 11.5 Å². The summed E-state index contributed by atoms with van der Waals surface area (Å²) < 4.78 is 60.1. The lowest BCUT2D eigenvalue weighted by molar-refractivity contribution is -0.139. The molecule has 4 aromatic rings. The number of halogens is 4. The average molecular weight is 678 g/mol. The lowest BCUT2D eigenvalue weighted by atomic mass is 10.1. The van der Waals surface area contributed by atoms with Gasteiger partial charge in [-0.1, -0.05) is 60.7 Å². The Kier molecular flexibility index (Phi) is 11.6. The minimum absolute atomic E-state index is 0.00133. The Morgan fingerprint density at radius 2 is 1.10 bits per heavy atom. The van der Waals surface area contributed by atoms with Crippen LogP contribution in [0.4, 0.5) is 13.2 Å². The van der Waals surface area contributed by atoms with E-state index < -0.39 is 23.5 Å². The Bertz CT molecular complexity index is 1440. The molecular formula is C31H26F3IO6. The molecule has 0 aliphatic rings. The molecule has 0 atom stereocenters. The molecule has 0 aliphatic carbocycles. The molecule has 41 heavy (non-hydrogen) atoms. The van der Waals surface area contributed by atoms with E-state index in [1.165, 1.54) is 7.11 Å². The van der Waals surface area contributed by atoms with Gasteiger partial charge in [0, 0.05) is 0 Å². The molecule has 0 N–H and O–H groups in total. The number of ether oxygens (including phenoxy) is 4. The quantitative estimate of drug-likeness (QED) is 0.140. The minimum Gasteiger partial charge on any atom is -0.488 e. The molecular weight excluding hydrogens is 652 g/mol. The highest BCUT2D eigenvalue weighted by atomic mass is 127. The molecule has 6 nitrogen and oxygen atoms in total. The fourth-order valence-corrected chi connectivity index (χ4v) is 3.94. The van der Waals surface area contributed by atoms with Gasteiger partial charge >= 0.3 is 18.1 Å². The molecule has 214 valence electrons. The summed E-state index contributed by atoms with van der Waals surface area (Å²) in [7, 11) is 2.52. The summed E-state index contributed by atoms with van der Waals surface area (Å²) in [6, 6.07) is 26.9. The van der Waals surface area contributed by atoms with Crippen molar-refractivity contribution < 1.29 is 41.7 Å². The Morgan fingerprint density at radius 3 is 1.56 bits per heavy atom. The van der Waals surface area contributed by atoms with Gasteiger partial charge in [-0.2, -0.15) is 13.2 Å². The number of hydrogen-bond donors (Lipinski definition) is 0. The molecule has 0 heterocycles. The SMILES string of the molecule is COC(=O)c1ccc(C(F)(F)F)c(OCc2ccccc2)c1.COC(=O)c1ccc(I)c(OCc2ccccc2)c1. The van der Waals surface area contributed by atoms with Gasteiger partial charge in [0.1, 0.15) is 24.7 Å². The summed E-state index contributed by atoms with van der Waals surface area (Å²) >= 11 is 2.18. The number of hydrogen-bond acceptors (Lipinski definition) is 6. The predicted molar refractivity (Wildman–Crippen MR) is 155 cm³/mol. The summed E-state index contributed by atoms with van der Waals surface area (Å²) in [6.45, 7) is 0.440. The van der Waals surface area contributed by atoms with E-state index in [1.54, 1.807) is 42.5 Å². The molecule has 0 saturated carbocycles. The normalized spacial score (nSPS) is 10.6. The van der Waals surface area contributed by atoms with E-state index in [-0.39, 0.29) is 18.1 Å². The van der Waals surface area contributed by atoms with Crippen molar-refractivity contribution >= 4 is 34.5 Å². The minimum atomic E-state index is -4.57. The summed E-state index contributed by atoms with van der Waals surface area (Å²) in [4.78, 5) is 22.9. The van der Waals surface area contributed by atoms with Crippen molar-refractivity contribution in [1.29, 1.82) is 0 Å². The van der Waals surface area contributed by atoms with Crippen LogP contribution < -0.4 is 9.47 Å². The van der Waals surface area contributed by atoms with Crippen molar-refractivity contribution in [2.45, 2.75) is 19.4 Å². The second-order valence-corrected chi connectivity index (χ2v) is 9.55. The van der Waals surface area contributed by atoms with E-state index in [0.29, 0.717) is 17.9 Å². The molecule has 0 saturated heterocycles. The van der Waals surface area contributed by atoms with Crippen molar-refractivity contribution in [3.63, 3.8) is 0 Å². The summed E-state index contributed by atoms with van der Waals surface area (Å²) in [5.41, 5.74) is 1.36. The van der Waals surface area contributed by atoms with E-state index in [4.69, 9.17) is 14.2 Å². The molecule has 4 aromatic carbocycles. The molecule has 0 radical (unpaired) electrons. The fourth-order valence-electron chi connectivity index (χ4n) is 3.45. The van der Waals surface area contributed by atoms with Crippen LogP contribution in [0.1, 0.15) is 37.4 Å². The lowest BCUT2D eigenvalue weighted by Gasteiger charge is -2.15. The van der Waals surface area contributed by atoms with Crippen LogP contribution in [-0.2, 0) is 28.9 Å². The van der Waals surface area contributed by atoms with Gasteiger partial charge in [0.2, 0.25) is 0 Å². The maximum atomic E-state index is 13.0. The van der Waals surface area contributed by atoms with Crippen LogP contribution in [0.2, 0.25) is 0 Å². The summed E-state index contributed by atoms with van der Waals surface area (Å²) in [6.07, 6.45) is -4.57. The van der Waals surface area contributed by atoms with E-state index in [2.05, 4.69) is 27.3 Å². The first-order chi connectivity index (χ1) is 19.6. The Labute approximate surface area is 249 Å². The first-order valence-electron chi connectivity index (χ1n) is 12.1. The standard InChI is InChI=1S/C16H13F3O3.C15H13IO3/c1-21-15(20)12-7-8-13(16(17,18)19)14(9-12)22-10-11-5-3-2-4-6-11;1-18-15(17)12-7-8-13(16)14(9-12)19-10-11-5-3-2-4-6-11/h2-9H,10H2,1H3;2-9H,10H2,1H3. The smallest absolute Gasteiger partial charge is 0.419 e. The zero-order valence-corrected chi connectivity index (χ0v) is 24.3. The molecule has 0 aliphatic heterocycles. The number of esters is 2. The molecule has 0 spiro atoms. The number of benzene rings is 4. The molecule has 10 heteroatoms. The van der Waals surface area contributed by atoms with Crippen molar-refractivity contribution in [3.05, 3.63) is 128 Å². The van der Waals surface area contributed by atoms with Crippen LogP contribution in [0.3, 0.4) is 0 Å². The van der Waals surface area contributed by atoms with E-state index >= 15 is 0 Å². The predicted octanol–water partition coefficient (Wildman–Crippen LogP) is 7.73. The van der Waals surface area contributed by atoms with E-state index in [9.17, 15) is 22.8 Å². The number of carbonyl (C=O) groups is 2. The van der Waals surface area contributed by atoms with Crippen LogP contribution in [0.5, 0.6) is 11.5 Å². The molecule has 0 bridgehead atoms. The van der Waals surface area contributed by atoms with Gasteiger partial charge in [-0.25, -0.2) is 9.59 Å². The molecule has 0 unspecified atom stereocenters. The maximum absolute atomic E-state index is 13.0. The van der Waals surface area contributed by atoms with Crippen LogP contribution >= 0.6 is 22.6 Å². The maximum Gasteiger partial charge on any atom is 0.419 e. The van der Waals surface area contributed by atoms with Gasteiger partial charge in [0.05, 0.1) is 34.5 Å². The van der Waals surface area contributed by atoms with Gasteiger partial charge in [-0.05, 0) is 70.1 Å². The average Bonchev–Trinajstić information content (AvgIpc) is 2.99. The third kappa shape index (κ3) is 9.52. The third-order valence-electron chi connectivity index (χ3n) is 5.53. The first-order valence-corrected chi connectivity index (χ1v) is 13.2. The fraction of sp³-hybridized carbons (Fsp3) is 0.161. The van der Waals surface area contributed by atoms with Crippen molar-refractivity contribution in [2.75, 3.05) is 14.2 Å². The Hall–Kier alpha value is -4.06. The zero-order valence-electron chi connectivity index (χ0n) is 22.1. The number of methoxy groups -OCH3 is 2. The highest BCUT2D eigenvalue weighted by Crippen LogP contribution is 2.37. The third-order valence-corrected chi connectivity index (χ3v) is 6.43. The second-order valence-electron chi connectivity index (χ2n) is 8.39. The van der Waals surface area contributed by atoms with Gasteiger partial charge in [0.15, 0.2) is 0 Å². The van der Waals surface area contributed by atoms with E-state index in [1.807, 2.05) is 36.4 Å². The second kappa shape index (κ2) is 15.1. The van der Waals surface area contributed by atoms with E-state index in [0.717, 1.165) is 40.0 Å². The van der Waals surface area contributed by atoms with Crippen molar-refractivity contribution in [2.24, 2.45) is 0 Å². The number of carbonyl (C=O) groups excluding carboxylic acids is 2. The van der Waals surface area contributed by atoms with Crippen LogP contribution in [0.15, 0.2) is 97.1 Å². The van der Waals surface area contributed by atoms with Crippen LogP contribution in [0.25, 0.3) is 0 Å². The van der Waals surface area contributed by atoms with Gasteiger partial charge in [0.25, 0.3) is 0 Å². The first kappa shape index (κ1) is 31.5. The number of alkyl halides is 3. The Balaban J connectivity index is 0.000000228.